The van der Waals surface area contributed by atoms with Crippen molar-refractivity contribution in [3.05, 3.63) is 54.0 Å². The van der Waals surface area contributed by atoms with Crippen LogP contribution < -0.4 is 4.90 Å². The Morgan fingerprint density at radius 1 is 1.21 bits per heavy atom. The summed E-state index contributed by atoms with van der Waals surface area (Å²) in [5.74, 6) is 0.611. The van der Waals surface area contributed by atoms with Crippen LogP contribution >= 0.6 is 0 Å². The Bertz CT molecular complexity index is 540. The second kappa shape index (κ2) is 5.26. The minimum absolute atomic E-state index is 0.336. The van der Waals surface area contributed by atoms with Crippen molar-refractivity contribution in [3.8, 4) is 0 Å². The average Bonchev–Trinajstić information content (AvgIpc) is 2.39. The number of nitrogens with zero attached hydrogens (tertiary/aromatic N) is 3. The highest BCUT2D eigenvalue weighted by molar-refractivity contribution is 5.36. The third-order valence-corrected chi connectivity index (χ3v) is 2.61. The molecule has 1 aromatic heterocycles. The fraction of sp³-hybridized carbons (Fsp3) is 0.231. The van der Waals surface area contributed by atoms with E-state index in [0.29, 0.717) is 17.9 Å². The number of hydrogen-bond acceptors (Lipinski definition) is 3. The molecule has 0 radical (unpaired) electrons. The summed E-state index contributed by atoms with van der Waals surface area (Å²) in [6.07, 6.45) is 0.328. The van der Waals surface area contributed by atoms with Crippen LogP contribution in [0.25, 0.3) is 0 Å². The van der Waals surface area contributed by atoms with Crippen LogP contribution in [0.2, 0.25) is 0 Å². The standard InChI is InChI=1S/C13H12F3N3/c1-19(12-8-17-5-6-18-12)9-10-3-2-4-11(7-10)13(14,15)16/h2-8H,9H2,1H3. The summed E-state index contributed by atoms with van der Waals surface area (Å²) in [6, 6.07) is 5.27. The van der Waals surface area contributed by atoms with Gasteiger partial charge in [-0.25, -0.2) is 4.98 Å². The van der Waals surface area contributed by atoms with Crippen molar-refractivity contribution in [1.82, 2.24) is 9.97 Å². The molecule has 100 valence electrons. The molecule has 3 nitrogen and oxygen atoms in total. The maximum atomic E-state index is 12.6. The molecule has 0 aliphatic carbocycles. The fourth-order valence-corrected chi connectivity index (χ4v) is 1.69. The van der Waals surface area contributed by atoms with Gasteiger partial charge in [-0.05, 0) is 17.7 Å². The van der Waals surface area contributed by atoms with Crippen molar-refractivity contribution in [3.63, 3.8) is 0 Å². The van der Waals surface area contributed by atoms with E-state index in [4.69, 9.17) is 0 Å². The van der Waals surface area contributed by atoms with Gasteiger partial charge in [-0.1, -0.05) is 12.1 Å². The molecule has 0 aliphatic rings. The number of aromatic nitrogens is 2. The molecule has 0 saturated heterocycles. The summed E-state index contributed by atoms with van der Waals surface area (Å²) in [4.78, 5) is 9.75. The maximum absolute atomic E-state index is 12.6. The van der Waals surface area contributed by atoms with Crippen LogP contribution in [0, 0.1) is 0 Å². The third kappa shape index (κ3) is 3.43. The van der Waals surface area contributed by atoms with Crippen molar-refractivity contribution >= 4 is 5.82 Å². The molecule has 19 heavy (non-hydrogen) atoms. The molecule has 0 saturated carbocycles. The van der Waals surface area contributed by atoms with E-state index in [2.05, 4.69) is 9.97 Å². The van der Waals surface area contributed by atoms with Gasteiger partial charge in [0.15, 0.2) is 0 Å². The average molecular weight is 267 g/mol. The van der Waals surface area contributed by atoms with Gasteiger partial charge in [0.1, 0.15) is 5.82 Å². The van der Waals surface area contributed by atoms with Crippen LogP contribution in [0.1, 0.15) is 11.1 Å². The van der Waals surface area contributed by atoms with E-state index in [0.717, 1.165) is 12.1 Å². The van der Waals surface area contributed by atoms with Crippen LogP contribution in [-0.4, -0.2) is 17.0 Å². The summed E-state index contributed by atoms with van der Waals surface area (Å²) in [7, 11) is 1.75. The van der Waals surface area contributed by atoms with Gasteiger partial charge in [0, 0.05) is 26.0 Å². The highest BCUT2D eigenvalue weighted by Gasteiger charge is 2.30. The molecule has 0 fully saturated rings. The van der Waals surface area contributed by atoms with E-state index in [9.17, 15) is 13.2 Å². The van der Waals surface area contributed by atoms with Gasteiger partial charge in [-0.15, -0.1) is 0 Å². The Hall–Kier alpha value is -2.11. The Morgan fingerprint density at radius 2 is 2.00 bits per heavy atom. The summed E-state index contributed by atoms with van der Waals surface area (Å²) in [6.45, 7) is 0.336. The molecule has 0 unspecified atom stereocenters. The lowest BCUT2D eigenvalue weighted by Crippen LogP contribution is -2.18. The summed E-state index contributed by atoms with van der Waals surface area (Å²) >= 11 is 0. The zero-order chi connectivity index (χ0) is 13.9. The van der Waals surface area contributed by atoms with Crippen LogP contribution in [0.5, 0.6) is 0 Å². The molecular weight excluding hydrogens is 255 g/mol. The number of halogens is 3. The largest absolute Gasteiger partial charge is 0.416 e. The van der Waals surface area contributed by atoms with Gasteiger partial charge in [-0.2, -0.15) is 13.2 Å². The lowest BCUT2D eigenvalue weighted by atomic mass is 10.1. The predicted molar refractivity (Wildman–Crippen MR) is 65.6 cm³/mol. The highest BCUT2D eigenvalue weighted by atomic mass is 19.4. The molecule has 6 heteroatoms. The molecule has 0 amide bonds. The van der Waals surface area contributed by atoms with Gasteiger partial charge in [0.25, 0.3) is 0 Å². The maximum Gasteiger partial charge on any atom is 0.416 e. The molecule has 1 heterocycles. The second-order valence-electron chi connectivity index (χ2n) is 4.12. The smallest absolute Gasteiger partial charge is 0.354 e. The Labute approximate surface area is 108 Å². The molecular formula is C13H12F3N3. The first-order chi connectivity index (χ1) is 8.97. The minimum Gasteiger partial charge on any atom is -0.354 e. The highest BCUT2D eigenvalue weighted by Crippen LogP contribution is 2.29. The fourth-order valence-electron chi connectivity index (χ4n) is 1.69. The van der Waals surface area contributed by atoms with E-state index in [1.807, 2.05) is 0 Å². The molecule has 1 aromatic carbocycles. The van der Waals surface area contributed by atoms with Gasteiger partial charge in [0.05, 0.1) is 11.8 Å². The van der Waals surface area contributed by atoms with E-state index < -0.39 is 11.7 Å². The van der Waals surface area contributed by atoms with Crippen molar-refractivity contribution in [2.45, 2.75) is 12.7 Å². The molecule has 0 N–H and O–H groups in total. The SMILES string of the molecule is CN(Cc1cccc(C(F)(F)F)c1)c1cnccn1. The van der Waals surface area contributed by atoms with Gasteiger partial charge >= 0.3 is 6.18 Å². The van der Waals surface area contributed by atoms with E-state index >= 15 is 0 Å². The van der Waals surface area contributed by atoms with Crippen LogP contribution in [-0.2, 0) is 12.7 Å². The second-order valence-corrected chi connectivity index (χ2v) is 4.12. The zero-order valence-electron chi connectivity index (χ0n) is 10.2. The predicted octanol–water partition coefficient (Wildman–Crippen LogP) is 3.13. The van der Waals surface area contributed by atoms with Crippen molar-refractivity contribution in [2.75, 3.05) is 11.9 Å². The van der Waals surface area contributed by atoms with E-state index in [1.54, 1.807) is 30.4 Å². The van der Waals surface area contributed by atoms with Crippen LogP contribution in [0.4, 0.5) is 19.0 Å². The first-order valence-corrected chi connectivity index (χ1v) is 5.60. The molecule has 2 rings (SSSR count). The Kier molecular flexibility index (Phi) is 3.69. The lowest BCUT2D eigenvalue weighted by Gasteiger charge is -2.18. The zero-order valence-corrected chi connectivity index (χ0v) is 10.2. The molecule has 0 atom stereocenters. The quantitative estimate of drug-likeness (QED) is 0.855. The summed E-state index contributed by atoms with van der Waals surface area (Å²) in [5.41, 5.74) is -0.0690. The van der Waals surface area contributed by atoms with Gasteiger partial charge in [0.2, 0.25) is 0 Å². The van der Waals surface area contributed by atoms with Gasteiger partial charge in [-0.3, -0.25) is 4.98 Å². The van der Waals surface area contributed by atoms with Crippen molar-refractivity contribution < 1.29 is 13.2 Å². The van der Waals surface area contributed by atoms with Gasteiger partial charge < -0.3 is 4.90 Å². The van der Waals surface area contributed by atoms with E-state index in [-0.39, 0.29) is 0 Å². The molecule has 0 spiro atoms. The number of benzene rings is 1. The molecule has 0 aliphatic heterocycles. The number of hydrogen-bond donors (Lipinski definition) is 0. The topological polar surface area (TPSA) is 29.0 Å². The number of rotatable bonds is 3. The minimum atomic E-state index is -4.32. The van der Waals surface area contributed by atoms with E-state index in [1.165, 1.54) is 12.3 Å². The number of alkyl halides is 3. The summed E-state index contributed by atoms with van der Waals surface area (Å²) in [5, 5.41) is 0. The van der Waals surface area contributed by atoms with Crippen LogP contribution in [0.15, 0.2) is 42.9 Å². The van der Waals surface area contributed by atoms with Crippen molar-refractivity contribution in [1.29, 1.82) is 0 Å². The van der Waals surface area contributed by atoms with Crippen LogP contribution in [0.3, 0.4) is 0 Å². The Balaban J connectivity index is 2.16. The summed E-state index contributed by atoms with van der Waals surface area (Å²) < 4.78 is 37.8. The molecule has 2 aromatic rings. The first-order valence-electron chi connectivity index (χ1n) is 5.60. The Morgan fingerprint density at radius 3 is 2.63 bits per heavy atom. The first kappa shape index (κ1) is 13.3. The van der Waals surface area contributed by atoms with Crippen molar-refractivity contribution in [2.24, 2.45) is 0 Å². The lowest BCUT2D eigenvalue weighted by molar-refractivity contribution is -0.137. The third-order valence-electron chi connectivity index (χ3n) is 2.61. The normalized spacial score (nSPS) is 11.4. The monoisotopic (exact) mass is 267 g/mol. The molecule has 0 bridgehead atoms. The number of anilines is 1.